The highest BCUT2D eigenvalue weighted by Gasteiger charge is 2.19. The van der Waals surface area contributed by atoms with E-state index in [0.717, 1.165) is 19.3 Å². The highest BCUT2D eigenvalue weighted by molar-refractivity contribution is 5.82. The van der Waals surface area contributed by atoms with Gasteiger partial charge in [0.15, 0.2) is 5.82 Å². The van der Waals surface area contributed by atoms with Crippen LogP contribution < -0.4 is 4.74 Å². The van der Waals surface area contributed by atoms with Crippen LogP contribution in [-0.2, 0) is 0 Å². The van der Waals surface area contributed by atoms with Crippen molar-refractivity contribution in [1.29, 1.82) is 0 Å². The van der Waals surface area contributed by atoms with Gasteiger partial charge in [-0.3, -0.25) is 4.79 Å². The van der Waals surface area contributed by atoms with E-state index in [4.69, 9.17) is 4.74 Å². The number of benzene rings is 1. The maximum atomic E-state index is 13.7. The van der Waals surface area contributed by atoms with Gasteiger partial charge >= 0.3 is 6.01 Å². The average Bonchev–Trinajstić information content (AvgIpc) is 3.15. The molecule has 0 amide bonds. The van der Waals surface area contributed by atoms with E-state index >= 15 is 0 Å². The first-order valence-electron chi connectivity index (χ1n) is 11.9. The minimum atomic E-state index is -0.379. The lowest BCUT2D eigenvalue weighted by molar-refractivity contribution is 0.0881. The molecule has 0 radical (unpaired) electrons. The fourth-order valence-electron chi connectivity index (χ4n) is 3.59. The molecule has 172 valence electrons. The molecule has 0 unspecified atom stereocenters. The van der Waals surface area contributed by atoms with Crippen LogP contribution in [0.15, 0.2) is 24.3 Å². The molecule has 0 bridgehead atoms. The predicted octanol–water partition coefficient (Wildman–Crippen LogP) is 7.21. The van der Waals surface area contributed by atoms with E-state index in [9.17, 15) is 9.18 Å². The number of carbonyl (C=O) groups is 1. The van der Waals surface area contributed by atoms with Crippen molar-refractivity contribution >= 4 is 5.91 Å². The molecule has 2 rings (SSSR count). The maximum absolute atomic E-state index is 13.7. The summed E-state index contributed by atoms with van der Waals surface area (Å²) in [6.07, 6.45) is 13.8. The third-order valence-electron chi connectivity index (χ3n) is 5.24. The molecule has 6 heteroatoms. The summed E-state index contributed by atoms with van der Waals surface area (Å²) in [4.78, 5) is 17.1. The lowest BCUT2D eigenvalue weighted by Crippen LogP contribution is -2.14. The van der Waals surface area contributed by atoms with Gasteiger partial charge in [-0.25, -0.2) is 4.39 Å². The summed E-state index contributed by atoms with van der Waals surface area (Å²) < 4.78 is 20.5. The predicted molar refractivity (Wildman–Crippen MR) is 123 cm³/mol. The maximum Gasteiger partial charge on any atom is 0.336 e. The number of aromatic nitrogens is 3. The zero-order chi connectivity index (χ0) is 22.5. The van der Waals surface area contributed by atoms with Crippen molar-refractivity contribution in [2.24, 2.45) is 0 Å². The van der Waals surface area contributed by atoms with Gasteiger partial charge in [0.25, 0.3) is 0 Å². The Labute approximate surface area is 186 Å². The first kappa shape index (κ1) is 25.0. The van der Waals surface area contributed by atoms with Gasteiger partial charge in [-0.15, -0.1) is 5.10 Å². The van der Waals surface area contributed by atoms with E-state index in [1.807, 2.05) is 13.8 Å². The van der Waals surface area contributed by atoms with E-state index in [0.29, 0.717) is 17.8 Å². The monoisotopic (exact) mass is 431 g/mol. The van der Waals surface area contributed by atoms with Gasteiger partial charge in [-0.05, 0) is 32.4 Å². The van der Waals surface area contributed by atoms with Crippen LogP contribution in [0.25, 0.3) is 11.4 Å². The van der Waals surface area contributed by atoms with E-state index < -0.39 is 0 Å². The van der Waals surface area contributed by atoms with Crippen LogP contribution in [0.4, 0.5) is 4.39 Å². The number of carbonyl (C=O) groups excluding carboxylic acids is 1. The normalized spacial score (nSPS) is 11.3. The minimum Gasteiger partial charge on any atom is -0.460 e. The summed E-state index contributed by atoms with van der Waals surface area (Å²) in [5.41, 5.74) is 0.512. The minimum absolute atomic E-state index is 0.113. The highest BCUT2D eigenvalue weighted by atomic mass is 19.1. The lowest BCUT2D eigenvalue weighted by atomic mass is 10.1. The van der Waals surface area contributed by atoms with Crippen molar-refractivity contribution in [3.8, 4) is 17.4 Å². The molecule has 0 N–H and O–H groups in total. The second-order valence-electron chi connectivity index (χ2n) is 8.49. The first-order valence-corrected chi connectivity index (χ1v) is 11.9. The summed E-state index contributed by atoms with van der Waals surface area (Å²) in [5, 5.41) is 4.24. The van der Waals surface area contributed by atoms with Gasteiger partial charge in [-0.2, -0.15) is 9.67 Å². The second kappa shape index (κ2) is 13.9. The molecule has 1 aromatic carbocycles. The first-order chi connectivity index (χ1) is 15.0. The summed E-state index contributed by atoms with van der Waals surface area (Å²) in [5.74, 6) is -0.194. The molecule has 0 saturated carbocycles. The smallest absolute Gasteiger partial charge is 0.336 e. The van der Waals surface area contributed by atoms with Crippen LogP contribution >= 0.6 is 0 Å². The van der Waals surface area contributed by atoms with Crippen molar-refractivity contribution in [3.63, 3.8) is 0 Å². The number of hydrogen-bond donors (Lipinski definition) is 0. The molecule has 2 aromatic rings. The van der Waals surface area contributed by atoms with Gasteiger partial charge < -0.3 is 4.74 Å². The number of hydrogen-bond acceptors (Lipinski definition) is 4. The standard InChI is InChI=1S/C25H38FN3O2/c1-4-5-6-7-8-9-10-11-12-13-14-18-23(30)29-24(21-16-15-17-22(26)19-21)27-25(28-29)31-20(2)3/h15-17,19-20H,4-14,18H2,1-3H3. The van der Waals surface area contributed by atoms with Gasteiger partial charge in [0.05, 0.1) is 6.10 Å². The average molecular weight is 432 g/mol. The molecule has 0 spiro atoms. The van der Waals surface area contributed by atoms with Crippen LogP contribution in [0.1, 0.15) is 103 Å². The molecule has 0 atom stereocenters. The SMILES string of the molecule is CCCCCCCCCCCCCC(=O)n1nc(OC(C)C)nc1-c1cccc(F)c1. The molecule has 0 aliphatic heterocycles. The second-order valence-corrected chi connectivity index (χ2v) is 8.49. The van der Waals surface area contributed by atoms with Crippen molar-refractivity contribution in [2.45, 2.75) is 104 Å². The third kappa shape index (κ3) is 9.19. The van der Waals surface area contributed by atoms with Gasteiger partial charge in [0.1, 0.15) is 5.82 Å². The van der Waals surface area contributed by atoms with E-state index in [-0.39, 0.29) is 23.8 Å². The van der Waals surface area contributed by atoms with Crippen molar-refractivity contribution in [1.82, 2.24) is 14.8 Å². The van der Waals surface area contributed by atoms with Gasteiger partial charge in [0, 0.05) is 12.0 Å². The summed E-state index contributed by atoms with van der Waals surface area (Å²) in [6.45, 7) is 5.99. The summed E-state index contributed by atoms with van der Waals surface area (Å²) in [7, 11) is 0. The van der Waals surface area contributed by atoms with Gasteiger partial charge in [-0.1, -0.05) is 83.3 Å². The largest absolute Gasteiger partial charge is 0.460 e. The molecule has 0 fully saturated rings. The van der Waals surface area contributed by atoms with Crippen LogP contribution in [0.5, 0.6) is 6.01 Å². The zero-order valence-corrected chi connectivity index (χ0v) is 19.4. The molecule has 1 aromatic heterocycles. The number of halogens is 1. The Balaban J connectivity index is 1.81. The Hall–Kier alpha value is -2.24. The molecule has 31 heavy (non-hydrogen) atoms. The van der Waals surface area contributed by atoms with Crippen LogP contribution in [0.3, 0.4) is 0 Å². The highest BCUT2D eigenvalue weighted by Crippen LogP contribution is 2.22. The van der Waals surface area contributed by atoms with Gasteiger partial charge in [0.2, 0.25) is 5.91 Å². The number of nitrogens with zero attached hydrogens (tertiary/aromatic N) is 3. The third-order valence-corrected chi connectivity index (χ3v) is 5.24. The Morgan fingerprint density at radius 1 is 1.00 bits per heavy atom. The molecule has 1 heterocycles. The Bertz CT molecular complexity index is 789. The topological polar surface area (TPSA) is 57.0 Å². The van der Waals surface area contributed by atoms with Crippen LogP contribution in [0, 0.1) is 5.82 Å². The number of rotatable bonds is 15. The molecule has 0 saturated heterocycles. The Morgan fingerprint density at radius 2 is 1.61 bits per heavy atom. The Morgan fingerprint density at radius 3 is 2.19 bits per heavy atom. The molecular weight excluding hydrogens is 393 g/mol. The van der Waals surface area contributed by atoms with Crippen LogP contribution in [0.2, 0.25) is 0 Å². The fourth-order valence-corrected chi connectivity index (χ4v) is 3.59. The number of unbranched alkanes of at least 4 members (excludes halogenated alkanes) is 10. The number of ether oxygens (including phenoxy) is 1. The summed E-state index contributed by atoms with van der Waals surface area (Å²) in [6, 6.07) is 6.18. The molecular formula is C25H38FN3O2. The molecule has 0 aliphatic rings. The molecule has 0 aliphatic carbocycles. The zero-order valence-electron chi connectivity index (χ0n) is 19.4. The fraction of sp³-hybridized carbons (Fsp3) is 0.640. The van der Waals surface area contributed by atoms with E-state index in [1.165, 1.54) is 68.2 Å². The van der Waals surface area contributed by atoms with E-state index in [1.54, 1.807) is 12.1 Å². The van der Waals surface area contributed by atoms with Crippen molar-refractivity contribution in [3.05, 3.63) is 30.1 Å². The van der Waals surface area contributed by atoms with Crippen molar-refractivity contribution in [2.75, 3.05) is 0 Å². The quantitative estimate of drug-likeness (QED) is 0.279. The van der Waals surface area contributed by atoms with E-state index in [2.05, 4.69) is 17.0 Å². The lowest BCUT2D eigenvalue weighted by Gasteiger charge is -2.05. The Kier molecular flexibility index (Phi) is 11.3. The van der Waals surface area contributed by atoms with Crippen molar-refractivity contribution < 1.29 is 13.9 Å². The summed E-state index contributed by atoms with van der Waals surface area (Å²) >= 11 is 0. The molecule has 5 nitrogen and oxygen atoms in total. The van der Waals surface area contributed by atoms with Crippen LogP contribution in [-0.4, -0.2) is 26.8 Å².